The molecule has 0 unspecified atom stereocenters. The summed E-state index contributed by atoms with van der Waals surface area (Å²) in [7, 11) is 0. The maximum absolute atomic E-state index is 12.5. The number of aliphatic hydroxyl groups is 3. The molecule has 2 aliphatic heterocycles. The van der Waals surface area contributed by atoms with Crippen LogP contribution in [0.15, 0.2) is 48.5 Å². The molecule has 2 aromatic rings. The van der Waals surface area contributed by atoms with Gasteiger partial charge in [-0.3, -0.25) is 0 Å². The van der Waals surface area contributed by atoms with E-state index in [1.165, 1.54) is 12.1 Å². The number of benzene rings is 2. The predicted octanol–water partition coefficient (Wildman–Crippen LogP) is 5.72. The third-order valence-corrected chi connectivity index (χ3v) is 6.16. The van der Waals surface area contributed by atoms with E-state index in [9.17, 15) is 41.0 Å². The van der Waals surface area contributed by atoms with Crippen LogP contribution in [0.1, 0.15) is 37.8 Å². The van der Waals surface area contributed by atoms with Crippen molar-refractivity contribution < 1.29 is 74.9 Å². The molecule has 17 heteroatoms. The number of halogens is 7. The Morgan fingerprint density at radius 2 is 1.27 bits per heavy atom. The first-order chi connectivity index (χ1) is 20.9. The van der Waals surface area contributed by atoms with E-state index in [1.807, 2.05) is 6.92 Å². The van der Waals surface area contributed by atoms with Crippen molar-refractivity contribution in [2.75, 3.05) is 13.2 Å². The summed E-state index contributed by atoms with van der Waals surface area (Å²) in [6.07, 6.45) is -11.4. The first kappa shape index (κ1) is 38.0. The molecule has 0 radical (unpaired) electrons. The molecule has 45 heavy (non-hydrogen) atoms. The lowest BCUT2D eigenvalue weighted by Gasteiger charge is -2.14. The standard InChI is InChI=1S/C14H15F3O5.C8H4ClF3O2.C6H12O3/c1-8-5-11(18)12(21-8)7-20-13(19)22-10-4-2-3-9(6-10)14(15,16)17;9-7(13)14-6-3-1-2-5(4-6)8(10,11)12;1-4-2-5(8)6(3-7)9-4/h2-4,6,8,11-12,18H,5,7H2,1H3;1-4H;4-8H,2-3H2,1H3/t8-,11+,12+;;4-,5+,6+/m0.0/s1. The average molecular weight is 677 g/mol. The van der Waals surface area contributed by atoms with Gasteiger partial charge in [0.1, 0.15) is 30.3 Å². The van der Waals surface area contributed by atoms with Gasteiger partial charge in [-0.15, -0.1) is 0 Å². The summed E-state index contributed by atoms with van der Waals surface area (Å²) < 4.78 is 98.1. The summed E-state index contributed by atoms with van der Waals surface area (Å²) in [6.45, 7) is 3.35. The molecule has 2 heterocycles. The van der Waals surface area contributed by atoms with E-state index < -0.39 is 53.4 Å². The Kier molecular flexibility index (Phi) is 14.3. The van der Waals surface area contributed by atoms with Crippen LogP contribution in [0.4, 0.5) is 35.9 Å². The number of aliphatic hydroxyl groups excluding tert-OH is 3. The minimum Gasteiger partial charge on any atom is -0.431 e. The molecule has 4 rings (SSSR count). The lowest BCUT2D eigenvalue weighted by atomic mass is 10.1. The van der Waals surface area contributed by atoms with Crippen LogP contribution < -0.4 is 9.47 Å². The SMILES string of the molecule is C[C@H]1C[C@@H](O)[C@@H](CO)O1.C[C@H]1C[C@@H](O)[C@@H](COC(=O)Oc2cccc(C(F)(F)F)c2)O1.O=C(Cl)Oc1cccc(C(F)(F)F)c1. The maximum atomic E-state index is 12.5. The van der Waals surface area contributed by atoms with E-state index in [4.69, 9.17) is 36.0 Å². The number of hydrogen-bond donors (Lipinski definition) is 3. The Balaban J connectivity index is 0.000000261. The first-order valence-corrected chi connectivity index (χ1v) is 13.6. The van der Waals surface area contributed by atoms with Crippen LogP contribution >= 0.6 is 11.6 Å². The molecule has 2 aliphatic rings. The van der Waals surface area contributed by atoms with E-state index in [0.29, 0.717) is 25.0 Å². The molecule has 2 fully saturated rings. The maximum Gasteiger partial charge on any atom is 0.513 e. The molecule has 2 saturated heterocycles. The van der Waals surface area contributed by atoms with Crippen molar-refractivity contribution in [3.63, 3.8) is 0 Å². The highest BCUT2D eigenvalue weighted by atomic mass is 35.5. The summed E-state index contributed by atoms with van der Waals surface area (Å²) in [5.74, 6) is -0.513. The highest BCUT2D eigenvalue weighted by Gasteiger charge is 2.34. The van der Waals surface area contributed by atoms with Crippen LogP contribution in [-0.4, -0.2) is 76.7 Å². The summed E-state index contributed by atoms with van der Waals surface area (Å²) in [4.78, 5) is 21.7. The Bertz CT molecular complexity index is 1240. The lowest BCUT2D eigenvalue weighted by molar-refractivity contribution is -0.138. The second kappa shape index (κ2) is 17.0. The second-order valence-corrected chi connectivity index (χ2v) is 10.1. The van der Waals surface area contributed by atoms with Crippen LogP contribution in [-0.2, 0) is 26.6 Å². The van der Waals surface area contributed by atoms with Gasteiger partial charge < -0.3 is 39.0 Å². The topological polar surface area (TPSA) is 141 Å². The van der Waals surface area contributed by atoms with E-state index >= 15 is 0 Å². The number of rotatable bonds is 5. The minimum atomic E-state index is -4.53. The Morgan fingerprint density at radius 1 is 0.822 bits per heavy atom. The highest BCUT2D eigenvalue weighted by Crippen LogP contribution is 2.32. The second-order valence-electron chi connectivity index (χ2n) is 9.81. The molecule has 6 atom stereocenters. The summed E-state index contributed by atoms with van der Waals surface area (Å²) in [6, 6.07) is 7.78. The van der Waals surface area contributed by atoms with E-state index in [1.54, 1.807) is 6.92 Å². The lowest BCUT2D eigenvalue weighted by Crippen LogP contribution is -2.28. The third kappa shape index (κ3) is 13.4. The molecule has 0 amide bonds. The highest BCUT2D eigenvalue weighted by molar-refractivity contribution is 6.61. The van der Waals surface area contributed by atoms with Gasteiger partial charge in [0.05, 0.1) is 42.1 Å². The largest absolute Gasteiger partial charge is 0.513 e. The summed E-state index contributed by atoms with van der Waals surface area (Å²) in [5, 5.41) is 27.2. The Morgan fingerprint density at radius 3 is 1.62 bits per heavy atom. The zero-order chi connectivity index (χ0) is 33.9. The molecule has 0 bridgehead atoms. The van der Waals surface area contributed by atoms with Gasteiger partial charge >= 0.3 is 23.9 Å². The van der Waals surface area contributed by atoms with Gasteiger partial charge in [-0.1, -0.05) is 12.1 Å². The molecule has 0 aliphatic carbocycles. The number of alkyl halides is 6. The van der Waals surface area contributed by atoms with Crippen molar-refractivity contribution in [3.8, 4) is 11.5 Å². The fourth-order valence-corrected chi connectivity index (χ4v) is 4.12. The van der Waals surface area contributed by atoms with Gasteiger partial charge in [0.25, 0.3) is 0 Å². The van der Waals surface area contributed by atoms with Crippen molar-refractivity contribution in [1.29, 1.82) is 0 Å². The summed E-state index contributed by atoms with van der Waals surface area (Å²) in [5.41, 5.74) is -3.00. The number of carbonyl (C=O) groups is 2. The van der Waals surface area contributed by atoms with E-state index in [0.717, 1.165) is 24.3 Å². The molecule has 3 N–H and O–H groups in total. The molecule has 10 nitrogen and oxygen atoms in total. The van der Waals surface area contributed by atoms with Crippen LogP contribution in [0.25, 0.3) is 0 Å². The van der Waals surface area contributed by atoms with Gasteiger partial charge in [0.15, 0.2) is 0 Å². The zero-order valence-electron chi connectivity index (χ0n) is 23.8. The van der Waals surface area contributed by atoms with Crippen LogP contribution in [0.5, 0.6) is 11.5 Å². The van der Waals surface area contributed by atoms with Crippen molar-refractivity contribution >= 4 is 23.2 Å². The van der Waals surface area contributed by atoms with Crippen molar-refractivity contribution in [3.05, 3.63) is 59.7 Å². The Hall–Kier alpha value is -3.15. The molecule has 252 valence electrons. The number of hydrogen-bond acceptors (Lipinski definition) is 10. The number of ether oxygens (including phenoxy) is 5. The summed E-state index contributed by atoms with van der Waals surface area (Å²) >= 11 is 4.84. The Labute approximate surface area is 258 Å². The molecule has 0 saturated carbocycles. The van der Waals surface area contributed by atoms with Crippen LogP contribution in [0, 0.1) is 0 Å². The predicted molar refractivity (Wildman–Crippen MR) is 144 cm³/mol. The molecular weight excluding hydrogens is 646 g/mol. The fourth-order valence-electron chi connectivity index (χ4n) is 4.03. The van der Waals surface area contributed by atoms with E-state index in [-0.39, 0.29) is 43.0 Å². The smallest absolute Gasteiger partial charge is 0.431 e. The van der Waals surface area contributed by atoms with E-state index in [2.05, 4.69) is 9.47 Å². The minimum absolute atomic E-state index is 0.0779. The van der Waals surface area contributed by atoms with Gasteiger partial charge in [0.2, 0.25) is 0 Å². The van der Waals surface area contributed by atoms with Crippen molar-refractivity contribution in [2.45, 2.75) is 75.7 Å². The number of carbonyl (C=O) groups excluding carboxylic acids is 2. The monoisotopic (exact) mass is 676 g/mol. The molecule has 2 aromatic carbocycles. The molecular formula is C28H31ClF6O10. The van der Waals surface area contributed by atoms with Crippen LogP contribution in [0.3, 0.4) is 0 Å². The average Bonchev–Trinajstić information content (AvgIpc) is 3.44. The first-order valence-electron chi connectivity index (χ1n) is 13.2. The van der Waals surface area contributed by atoms with Gasteiger partial charge in [-0.05, 0) is 50.2 Å². The molecule has 0 aromatic heterocycles. The molecule has 0 spiro atoms. The van der Waals surface area contributed by atoms with Gasteiger partial charge in [-0.2, -0.15) is 26.3 Å². The van der Waals surface area contributed by atoms with Crippen molar-refractivity contribution in [1.82, 2.24) is 0 Å². The zero-order valence-corrected chi connectivity index (χ0v) is 24.5. The van der Waals surface area contributed by atoms with Crippen molar-refractivity contribution in [2.24, 2.45) is 0 Å². The fraction of sp³-hybridized carbons (Fsp3) is 0.500. The normalized spacial score (nSPS) is 24.4. The van der Waals surface area contributed by atoms with Gasteiger partial charge in [-0.25, -0.2) is 9.59 Å². The third-order valence-electron chi connectivity index (χ3n) is 6.09. The quantitative estimate of drug-likeness (QED) is 0.156. The van der Waals surface area contributed by atoms with Crippen LogP contribution in [0.2, 0.25) is 0 Å². The van der Waals surface area contributed by atoms with Gasteiger partial charge in [0, 0.05) is 24.4 Å².